The predicted molar refractivity (Wildman–Crippen MR) is 66.7 cm³/mol. The van der Waals surface area contributed by atoms with Crippen molar-refractivity contribution in [3.63, 3.8) is 0 Å². The number of alkyl halides is 1. The van der Waals surface area contributed by atoms with Gasteiger partial charge in [0.1, 0.15) is 0 Å². The Hall–Kier alpha value is -1.28. The second-order valence-corrected chi connectivity index (χ2v) is 4.11. The van der Waals surface area contributed by atoms with E-state index in [9.17, 15) is 0 Å². The summed E-state index contributed by atoms with van der Waals surface area (Å²) in [5.41, 5.74) is 3.58. The fourth-order valence-electron chi connectivity index (χ4n) is 1.65. The molecule has 2 aromatic rings. The van der Waals surface area contributed by atoms with E-state index >= 15 is 0 Å². The van der Waals surface area contributed by atoms with Crippen molar-refractivity contribution in [3.8, 4) is 0 Å². The number of rotatable bonds is 4. The lowest BCUT2D eigenvalue weighted by molar-refractivity contribution is 0.796. The summed E-state index contributed by atoms with van der Waals surface area (Å²) < 4.78 is 2.05. The number of hydrogen-bond donors (Lipinski definition) is 0. The zero-order valence-electron chi connectivity index (χ0n) is 9.36. The normalized spacial score (nSPS) is 10.6. The maximum absolute atomic E-state index is 5.71. The SMILES string of the molecule is CCc1ccc(Cn2cnc(CCl)c2)cc1. The van der Waals surface area contributed by atoms with Crippen LogP contribution in [0, 0.1) is 0 Å². The van der Waals surface area contributed by atoms with Gasteiger partial charge < -0.3 is 4.57 Å². The molecule has 16 heavy (non-hydrogen) atoms. The molecule has 1 aromatic heterocycles. The predicted octanol–water partition coefficient (Wildman–Crippen LogP) is 3.23. The molecule has 3 heteroatoms. The highest BCUT2D eigenvalue weighted by Gasteiger charge is 1.98. The molecule has 0 amide bonds. The van der Waals surface area contributed by atoms with Gasteiger partial charge in [-0.25, -0.2) is 4.98 Å². The molecule has 0 saturated heterocycles. The Kier molecular flexibility index (Phi) is 3.62. The largest absolute Gasteiger partial charge is 0.333 e. The first kappa shape index (κ1) is 11.2. The lowest BCUT2D eigenvalue weighted by atomic mass is 10.1. The van der Waals surface area contributed by atoms with Gasteiger partial charge in [-0.2, -0.15) is 0 Å². The van der Waals surface area contributed by atoms with Crippen LogP contribution in [0.4, 0.5) is 0 Å². The molecule has 0 atom stereocenters. The van der Waals surface area contributed by atoms with E-state index in [1.165, 1.54) is 11.1 Å². The van der Waals surface area contributed by atoms with Crippen LogP contribution in [0.1, 0.15) is 23.7 Å². The Morgan fingerprint density at radius 2 is 1.88 bits per heavy atom. The van der Waals surface area contributed by atoms with Crippen LogP contribution in [0.25, 0.3) is 0 Å². The second kappa shape index (κ2) is 5.17. The summed E-state index contributed by atoms with van der Waals surface area (Å²) in [6.45, 7) is 3.02. The summed E-state index contributed by atoms with van der Waals surface area (Å²) in [7, 11) is 0. The maximum Gasteiger partial charge on any atom is 0.0953 e. The quantitative estimate of drug-likeness (QED) is 0.743. The van der Waals surface area contributed by atoms with Crippen LogP contribution in [0.2, 0.25) is 0 Å². The molecule has 0 unspecified atom stereocenters. The van der Waals surface area contributed by atoms with Gasteiger partial charge in [0.05, 0.1) is 17.9 Å². The van der Waals surface area contributed by atoms with Gasteiger partial charge in [-0.05, 0) is 17.5 Å². The molecular weight excluding hydrogens is 220 g/mol. The van der Waals surface area contributed by atoms with Crippen molar-refractivity contribution in [1.29, 1.82) is 0 Å². The van der Waals surface area contributed by atoms with Crippen LogP contribution in [-0.2, 0) is 18.8 Å². The number of hydrogen-bond acceptors (Lipinski definition) is 1. The lowest BCUT2D eigenvalue weighted by Crippen LogP contribution is -1.96. The molecule has 0 radical (unpaired) electrons. The van der Waals surface area contributed by atoms with Crippen LogP contribution < -0.4 is 0 Å². The van der Waals surface area contributed by atoms with Crippen LogP contribution >= 0.6 is 11.6 Å². The highest BCUT2D eigenvalue weighted by molar-refractivity contribution is 6.16. The van der Waals surface area contributed by atoms with E-state index in [-0.39, 0.29) is 0 Å². The molecule has 0 aliphatic rings. The molecule has 0 aliphatic carbocycles. The average Bonchev–Trinajstić information content (AvgIpc) is 2.78. The zero-order chi connectivity index (χ0) is 11.4. The number of benzene rings is 1. The summed E-state index contributed by atoms with van der Waals surface area (Å²) in [4.78, 5) is 4.20. The first-order chi connectivity index (χ1) is 7.81. The van der Waals surface area contributed by atoms with Crippen LogP contribution in [0.5, 0.6) is 0 Å². The molecule has 0 aliphatic heterocycles. The van der Waals surface area contributed by atoms with Gasteiger partial charge >= 0.3 is 0 Å². The Balaban J connectivity index is 2.08. The Morgan fingerprint density at radius 1 is 1.19 bits per heavy atom. The molecule has 2 nitrogen and oxygen atoms in total. The van der Waals surface area contributed by atoms with E-state index < -0.39 is 0 Å². The van der Waals surface area contributed by atoms with E-state index in [1.807, 2.05) is 12.5 Å². The van der Waals surface area contributed by atoms with E-state index in [4.69, 9.17) is 11.6 Å². The van der Waals surface area contributed by atoms with Gasteiger partial charge in [0, 0.05) is 12.7 Å². The monoisotopic (exact) mass is 234 g/mol. The average molecular weight is 235 g/mol. The van der Waals surface area contributed by atoms with Gasteiger partial charge in [0.15, 0.2) is 0 Å². The number of aryl methyl sites for hydroxylation is 1. The van der Waals surface area contributed by atoms with Crippen molar-refractivity contribution in [2.24, 2.45) is 0 Å². The summed E-state index contributed by atoms with van der Waals surface area (Å²) in [5.74, 6) is 0.474. The minimum atomic E-state index is 0.474. The van der Waals surface area contributed by atoms with Gasteiger partial charge in [0.2, 0.25) is 0 Å². The van der Waals surface area contributed by atoms with Crippen LogP contribution in [0.3, 0.4) is 0 Å². The standard InChI is InChI=1S/C13H15ClN2/c1-2-11-3-5-12(6-4-11)8-16-9-13(7-14)15-10-16/h3-6,9-10H,2,7-8H2,1H3. The third kappa shape index (κ3) is 2.64. The smallest absolute Gasteiger partial charge is 0.0953 e. The third-order valence-corrected chi connectivity index (χ3v) is 2.89. The molecule has 0 saturated carbocycles. The highest BCUT2D eigenvalue weighted by Crippen LogP contribution is 2.08. The van der Waals surface area contributed by atoms with Crippen molar-refractivity contribution in [1.82, 2.24) is 9.55 Å². The van der Waals surface area contributed by atoms with Crippen molar-refractivity contribution >= 4 is 11.6 Å². The minimum absolute atomic E-state index is 0.474. The highest BCUT2D eigenvalue weighted by atomic mass is 35.5. The van der Waals surface area contributed by atoms with Crippen molar-refractivity contribution < 1.29 is 0 Å². The fourth-order valence-corrected chi connectivity index (χ4v) is 1.79. The van der Waals surface area contributed by atoms with Crippen LogP contribution in [0.15, 0.2) is 36.8 Å². The molecule has 1 heterocycles. The molecular formula is C13H15ClN2. The molecule has 84 valence electrons. The lowest BCUT2D eigenvalue weighted by Gasteiger charge is -2.03. The van der Waals surface area contributed by atoms with Crippen molar-refractivity contribution in [3.05, 3.63) is 53.6 Å². The zero-order valence-corrected chi connectivity index (χ0v) is 10.1. The van der Waals surface area contributed by atoms with E-state index in [0.717, 1.165) is 18.7 Å². The van der Waals surface area contributed by atoms with Gasteiger partial charge in [0.25, 0.3) is 0 Å². The molecule has 1 aromatic carbocycles. The molecule has 0 spiro atoms. The van der Waals surface area contributed by atoms with Crippen molar-refractivity contribution in [2.45, 2.75) is 25.8 Å². The fraction of sp³-hybridized carbons (Fsp3) is 0.308. The Labute approximate surface area is 101 Å². The molecule has 0 fully saturated rings. The maximum atomic E-state index is 5.71. The molecule has 0 N–H and O–H groups in total. The first-order valence-corrected chi connectivity index (χ1v) is 5.99. The van der Waals surface area contributed by atoms with Crippen molar-refractivity contribution in [2.75, 3.05) is 0 Å². The number of halogens is 1. The Morgan fingerprint density at radius 3 is 2.44 bits per heavy atom. The summed E-state index contributed by atoms with van der Waals surface area (Å²) in [5, 5.41) is 0. The first-order valence-electron chi connectivity index (χ1n) is 5.46. The van der Waals surface area contributed by atoms with E-state index in [0.29, 0.717) is 5.88 Å². The minimum Gasteiger partial charge on any atom is -0.333 e. The topological polar surface area (TPSA) is 17.8 Å². The van der Waals surface area contributed by atoms with Gasteiger partial charge in [-0.1, -0.05) is 31.2 Å². The third-order valence-electron chi connectivity index (χ3n) is 2.62. The summed E-state index contributed by atoms with van der Waals surface area (Å²) >= 11 is 5.71. The van der Waals surface area contributed by atoms with Gasteiger partial charge in [-0.3, -0.25) is 0 Å². The second-order valence-electron chi connectivity index (χ2n) is 3.84. The summed E-state index contributed by atoms with van der Waals surface area (Å²) in [6.07, 6.45) is 4.90. The van der Waals surface area contributed by atoms with Crippen LogP contribution in [-0.4, -0.2) is 9.55 Å². The number of nitrogens with zero attached hydrogens (tertiary/aromatic N) is 2. The van der Waals surface area contributed by atoms with E-state index in [2.05, 4.69) is 40.7 Å². The number of aromatic nitrogens is 2. The molecule has 0 bridgehead atoms. The van der Waals surface area contributed by atoms with Gasteiger partial charge in [-0.15, -0.1) is 11.6 Å². The van der Waals surface area contributed by atoms with E-state index in [1.54, 1.807) is 0 Å². The summed E-state index contributed by atoms with van der Waals surface area (Å²) in [6, 6.07) is 8.68. The molecule has 2 rings (SSSR count). The Bertz CT molecular complexity index is 445. The number of imidazole rings is 1.